The largest absolute Gasteiger partial charge is 0.494 e. The topological polar surface area (TPSA) is 91.0 Å². The smallest absolute Gasteiger partial charge is 0.257 e. The molecule has 0 atom stereocenters. The SMILES string of the molecule is CCOc1cccc(C(=O)NC(=S)Nc2ccc(S(=O)(=O)N3CCN(C)CC3)cc2)c1. The lowest BCUT2D eigenvalue weighted by Crippen LogP contribution is -2.46. The number of ether oxygens (including phenoxy) is 1. The Morgan fingerprint density at radius 2 is 1.77 bits per heavy atom. The summed E-state index contributed by atoms with van der Waals surface area (Å²) in [6.07, 6.45) is 0. The summed E-state index contributed by atoms with van der Waals surface area (Å²) in [5.74, 6) is 0.236. The highest BCUT2D eigenvalue weighted by molar-refractivity contribution is 7.89. The Hall–Kier alpha value is -2.53. The van der Waals surface area contributed by atoms with E-state index in [1.807, 2.05) is 14.0 Å². The summed E-state index contributed by atoms with van der Waals surface area (Å²) >= 11 is 5.21. The van der Waals surface area contributed by atoms with E-state index in [0.29, 0.717) is 49.8 Å². The van der Waals surface area contributed by atoms with E-state index in [2.05, 4.69) is 15.5 Å². The molecule has 1 heterocycles. The van der Waals surface area contributed by atoms with Gasteiger partial charge in [-0.25, -0.2) is 8.42 Å². The second kappa shape index (κ2) is 10.2. The molecule has 0 saturated carbocycles. The van der Waals surface area contributed by atoms with Crippen LogP contribution in [0.1, 0.15) is 17.3 Å². The fraction of sp³-hybridized carbons (Fsp3) is 0.333. The minimum atomic E-state index is -3.53. The van der Waals surface area contributed by atoms with Crippen LogP contribution in [-0.4, -0.2) is 68.5 Å². The molecule has 1 aliphatic heterocycles. The summed E-state index contributed by atoms with van der Waals surface area (Å²) in [5, 5.41) is 5.62. The van der Waals surface area contributed by atoms with Gasteiger partial charge in [0.2, 0.25) is 10.0 Å². The van der Waals surface area contributed by atoms with E-state index in [0.717, 1.165) is 0 Å². The first-order valence-electron chi connectivity index (χ1n) is 9.93. The predicted octanol–water partition coefficient (Wildman–Crippen LogP) is 2.15. The second-order valence-electron chi connectivity index (χ2n) is 7.10. The number of benzene rings is 2. The van der Waals surface area contributed by atoms with Crippen molar-refractivity contribution < 1.29 is 17.9 Å². The molecule has 1 fully saturated rings. The van der Waals surface area contributed by atoms with Gasteiger partial charge in [-0.1, -0.05) is 6.07 Å². The van der Waals surface area contributed by atoms with Gasteiger partial charge < -0.3 is 15.0 Å². The van der Waals surface area contributed by atoms with Gasteiger partial charge >= 0.3 is 0 Å². The number of nitrogens with one attached hydrogen (secondary N) is 2. The Kier molecular flexibility index (Phi) is 7.60. The molecule has 0 aromatic heterocycles. The molecule has 3 rings (SSSR count). The molecule has 10 heteroatoms. The van der Waals surface area contributed by atoms with Crippen molar-refractivity contribution in [2.45, 2.75) is 11.8 Å². The number of sulfonamides is 1. The van der Waals surface area contributed by atoms with Crippen LogP contribution in [-0.2, 0) is 10.0 Å². The van der Waals surface area contributed by atoms with Crippen molar-refractivity contribution in [2.75, 3.05) is 45.2 Å². The Morgan fingerprint density at radius 3 is 2.42 bits per heavy atom. The van der Waals surface area contributed by atoms with Crippen LogP contribution in [0.3, 0.4) is 0 Å². The van der Waals surface area contributed by atoms with Crippen molar-refractivity contribution in [3.63, 3.8) is 0 Å². The highest BCUT2D eigenvalue weighted by Crippen LogP contribution is 2.20. The summed E-state index contributed by atoms with van der Waals surface area (Å²) in [5.41, 5.74) is 0.995. The number of piperazine rings is 1. The molecule has 2 aromatic rings. The number of likely N-dealkylation sites (N-methyl/N-ethyl adjacent to an activating group) is 1. The lowest BCUT2D eigenvalue weighted by atomic mass is 10.2. The monoisotopic (exact) mass is 462 g/mol. The molecule has 166 valence electrons. The van der Waals surface area contributed by atoms with Crippen LogP contribution in [0.5, 0.6) is 5.75 Å². The molecule has 2 aromatic carbocycles. The lowest BCUT2D eigenvalue weighted by molar-refractivity contribution is 0.0977. The fourth-order valence-corrected chi connectivity index (χ4v) is 4.75. The van der Waals surface area contributed by atoms with Crippen LogP contribution >= 0.6 is 12.2 Å². The summed E-state index contributed by atoms with van der Waals surface area (Å²) < 4.78 is 32.5. The Morgan fingerprint density at radius 1 is 1.10 bits per heavy atom. The van der Waals surface area contributed by atoms with Gasteiger partial charge in [-0.3, -0.25) is 10.1 Å². The van der Waals surface area contributed by atoms with Crippen molar-refractivity contribution in [3.05, 3.63) is 54.1 Å². The van der Waals surface area contributed by atoms with Crippen molar-refractivity contribution in [1.29, 1.82) is 0 Å². The number of nitrogens with zero attached hydrogens (tertiary/aromatic N) is 2. The minimum Gasteiger partial charge on any atom is -0.494 e. The molecule has 1 saturated heterocycles. The molecule has 8 nitrogen and oxygen atoms in total. The van der Waals surface area contributed by atoms with Gasteiger partial charge in [0.15, 0.2) is 5.11 Å². The van der Waals surface area contributed by atoms with Crippen LogP contribution in [0.25, 0.3) is 0 Å². The molecule has 2 N–H and O–H groups in total. The molecule has 0 unspecified atom stereocenters. The standard InChI is InChI=1S/C21H26N4O4S2/c1-3-29-18-6-4-5-16(15-18)20(26)23-21(30)22-17-7-9-19(10-8-17)31(27,28)25-13-11-24(2)12-14-25/h4-10,15H,3,11-14H2,1-2H3,(H2,22,23,26,30). The number of carbonyl (C=O) groups is 1. The molecule has 31 heavy (non-hydrogen) atoms. The van der Waals surface area contributed by atoms with Crippen LogP contribution in [0, 0.1) is 0 Å². The van der Waals surface area contributed by atoms with Crippen molar-refractivity contribution >= 4 is 38.9 Å². The third-order valence-electron chi connectivity index (χ3n) is 4.85. The maximum Gasteiger partial charge on any atom is 0.257 e. The normalized spacial score (nSPS) is 15.3. The fourth-order valence-electron chi connectivity index (χ4n) is 3.12. The van der Waals surface area contributed by atoms with Gasteiger partial charge in [-0.15, -0.1) is 0 Å². The first-order chi connectivity index (χ1) is 14.8. The van der Waals surface area contributed by atoms with E-state index < -0.39 is 10.0 Å². The van der Waals surface area contributed by atoms with E-state index >= 15 is 0 Å². The maximum absolute atomic E-state index is 12.8. The zero-order chi connectivity index (χ0) is 22.4. The first kappa shape index (κ1) is 23.1. The van der Waals surface area contributed by atoms with E-state index in [9.17, 15) is 13.2 Å². The van der Waals surface area contributed by atoms with Gasteiger partial charge in [0.05, 0.1) is 11.5 Å². The summed E-state index contributed by atoms with van der Waals surface area (Å²) in [4.78, 5) is 14.7. The van der Waals surface area contributed by atoms with E-state index in [1.54, 1.807) is 36.4 Å². The van der Waals surface area contributed by atoms with Gasteiger partial charge in [0, 0.05) is 37.4 Å². The first-order valence-corrected chi connectivity index (χ1v) is 11.8. The maximum atomic E-state index is 12.8. The zero-order valence-corrected chi connectivity index (χ0v) is 19.1. The van der Waals surface area contributed by atoms with E-state index in [-0.39, 0.29) is 15.9 Å². The molecular weight excluding hydrogens is 436 g/mol. The van der Waals surface area contributed by atoms with Crippen LogP contribution < -0.4 is 15.4 Å². The molecule has 0 aliphatic carbocycles. The third-order valence-corrected chi connectivity index (χ3v) is 6.96. The highest BCUT2D eigenvalue weighted by Gasteiger charge is 2.27. The molecule has 0 bridgehead atoms. The Balaban J connectivity index is 1.60. The Bertz CT molecular complexity index is 1030. The van der Waals surface area contributed by atoms with Crippen LogP contribution in [0.4, 0.5) is 5.69 Å². The number of hydrogen-bond acceptors (Lipinski definition) is 6. The number of amides is 1. The van der Waals surface area contributed by atoms with E-state index in [4.69, 9.17) is 17.0 Å². The van der Waals surface area contributed by atoms with Crippen molar-refractivity contribution in [2.24, 2.45) is 0 Å². The van der Waals surface area contributed by atoms with Gasteiger partial charge in [0.1, 0.15) is 5.75 Å². The van der Waals surface area contributed by atoms with Crippen LogP contribution in [0.15, 0.2) is 53.4 Å². The second-order valence-corrected chi connectivity index (χ2v) is 9.45. The number of rotatable bonds is 6. The summed E-state index contributed by atoms with van der Waals surface area (Å²) in [6.45, 7) is 4.73. The quantitative estimate of drug-likeness (QED) is 0.636. The average molecular weight is 463 g/mol. The summed E-state index contributed by atoms with van der Waals surface area (Å²) in [7, 11) is -1.56. The molecule has 1 amide bonds. The van der Waals surface area contributed by atoms with Crippen molar-refractivity contribution in [1.82, 2.24) is 14.5 Å². The molecule has 0 radical (unpaired) electrons. The average Bonchev–Trinajstić information content (AvgIpc) is 2.75. The number of anilines is 1. The Labute approximate surface area is 188 Å². The lowest BCUT2D eigenvalue weighted by Gasteiger charge is -2.31. The third kappa shape index (κ3) is 6.01. The minimum absolute atomic E-state index is 0.112. The van der Waals surface area contributed by atoms with Crippen LogP contribution in [0.2, 0.25) is 0 Å². The molecule has 1 aliphatic rings. The van der Waals surface area contributed by atoms with E-state index in [1.165, 1.54) is 16.4 Å². The van der Waals surface area contributed by atoms with Gasteiger partial charge in [-0.2, -0.15) is 4.31 Å². The molecular formula is C21H26N4O4S2. The number of hydrogen-bond donors (Lipinski definition) is 2. The van der Waals surface area contributed by atoms with Gasteiger partial charge in [-0.05, 0) is 68.7 Å². The van der Waals surface area contributed by atoms with Crippen molar-refractivity contribution in [3.8, 4) is 5.75 Å². The highest BCUT2D eigenvalue weighted by atomic mass is 32.2. The number of thiocarbonyl (C=S) groups is 1. The zero-order valence-electron chi connectivity index (χ0n) is 17.5. The number of carbonyl (C=O) groups excluding carboxylic acids is 1. The predicted molar refractivity (Wildman–Crippen MR) is 124 cm³/mol. The molecule has 0 spiro atoms. The summed E-state index contributed by atoms with van der Waals surface area (Å²) in [6, 6.07) is 13.1. The van der Waals surface area contributed by atoms with Gasteiger partial charge in [0.25, 0.3) is 5.91 Å².